The maximum absolute atomic E-state index is 3.27. The second kappa shape index (κ2) is 3.56. The Bertz CT molecular complexity index is 493. The number of hydrogen-bond donors (Lipinski definition) is 0. The van der Waals surface area contributed by atoms with Gasteiger partial charge in [0.2, 0.25) is 6.67 Å². The van der Waals surface area contributed by atoms with Gasteiger partial charge in [0.25, 0.3) is 0 Å². The van der Waals surface area contributed by atoms with Gasteiger partial charge in [-0.15, -0.1) is 6.07 Å². The zero-order valence-electron chi connectivity index (χ0n) is 9.01. The van der Waals surface area contributed by atoms with Crippen LogP contribution in [0, 0.1) is 12.7 Å². The summed E-state index contributed by atoms with van der Waals surface area (Å²) in [7, 11) is 2.00. The highest BCUT2D eigenvalue weighted by Gasteiger charge is 2.23. The number of rotatable bonds is 1. The predicted molar refractivity (Wildman–Crippen MR) is 65.5 cm³/mol. The molecule has 0 aromatic heterocycles. The molecule has 1 heterocycles. The summed E-state index contributed by atoms with van der Waals surface area (Å²) in [6.07, 6.45) is 0. The molecular weight excluding hydrogens is 196 g/mol. The molecular formula is C14H11N2-. The summed E-state index contributed by atoms with van der Waals surface area (Å²) in [5.41, 5.74) is 3.33. The predicted octanol–water partition coefficient (Wildman–Crippen LogP) is 3.07. The zero-order chi connectivity index (χ0) is 11.0. The van der Waals surface area contributed by atoms with Gasteiger partial charge in [-0.1, -0.05) is 17.8 Å². The van der Waals surface area contributed by atoms with Crippen LogP contribution in [0.15, 0.2) is 48.5 Å². The number of fused-ring (bicyclic) bond motifs is 1. The van der Waals surface area contributed by atoms with Crippen molar-refractivity contribution in [3.63, 3.8) is 0 Å². The zero-order valence-corrected chi connectivity index (χ0v) is 9.01. The lowest BCUT2D eigenvalue weighted by Gasteiger charge is -2.21. The molecule has 3 rings (SSSR count). The van der Waals surface area contributed by atoms with Gasteiger partial charge in [0, 0.05) is 7.05 Å². The molecule has 0 unspecified atom stereocenters. The molecule has 0 saturated carbocycles. The molecule has 0 bridgehead atoms. The molecule has 78 valence electrons. The first-order chi connectivity index (χ1) is 7.86. The average Bonchev–Trinajstić information content (AvgIpc) is 2.69. The third-order valence-corrected chi connectivity index (χ3v) is 2.67. The Morgan fingerprint density at radius 2 is 1.75 bits per heavy atom. The van der Waals surface area contributed by atoms with Gasteiger partial charge in [-0.3, -0.25) is 0 Å². The van der Waals surface area contributed by atoms with Gasteiger partial charge in [-0.2, -0.15) is 24.3 Å². The van der Waals surface area contributed by atoms with E-state index in [1.165, 1.54) is 5.69 Å². The molecule has 2 heteroatoms. The summed E-state index contributed by atoms with van der Waals surface area (Å²) in [5, 5.41) is 0. The fourth-order valence-corrected chi connectivity index (χ4v) is 1.90. The van der Waals surface area contributed by atoms with Crippen LogP contribution in [0.5, 0.6) is 0 Å². The number of anilines is 3. The topological polar surface area (TPSA) is 6.48 Å². The maximum Gasteiger partial charge on any atom is 0.211 e. The number of para-hydroxylation sites is 3. The van der Waals surface area contributed by atoms with Crippen LogP contribution in [-0.4, -0.2) is 7.05 Å². The summed E-state index contributed by atoms with van der Waals surface area (Å²) >= 11 is 0. The molecule has 1 aliphatic heterocycles. The lowest BCUT2D eigenvalue weighted by atomic mass is 10.2. The van der Waals surface area contributed by atoms with E-state index < -0.39 is 0 Å². The van der Waals surface area contributed by atoms with Crippen LogP contribution in [-0.2, 0) is 0 Å². The number of hydrogen-bond acceptors (Lipinski definition) is 2. The molecule has 0 amide bonds. The first kappa shape index (κ1) is 9.28. The van der Waals surface area contributed by atoms with Crippen LogP contribution < -0.4 is 9.80 Å². The quantitative estimate of drug-likeness (QED) is 0.663. The van der Waals surface area contributed by atoms with Crippen molar-refractivity contribution in [3.05, 3.63) is 61.3 Å². The van der Waals surface area contributed by atoms with Crippen molar-refractivity contribution in [2.24, 2.45) is 0 Å². The van der Waals surface area contributed by atoms with Gasteiger partial charge in [-0.05, 0) is 12.1 Å². The monoisotopic (exact) mass is 207 g/mol. The second-order valence-corrected chi connectivity index (χ2v) is 3.73. The molecule has 2 radical (unpaired) electrons. The van der Waals surface area contributed by atoms with Crippen molar-refractivity contribution < 1.29 is 0 Å². The van der Waals surface area contributed by atoms with Gasteiger partial charge >= 0.3 is 0 Å². The van der Waals surface area contributed by atoms with Crippen LogP contribution in [0.2, 0.25) is 0 Å². The minimum absolute atomic E-state index is 1.01. The molecule has 2 aromatic rings. The van der Waals surface area contributed by atoms with Crippen LogP contribution in [0.3, 0.4) is 0 Å². The summed E-state index contributed by atoms with van der Waals surface area (Å²) in [6, 6.07) is 19.4. The van der Waals surface area contributed by atoms with Crippen molar-refractivity contribution in [3.8, 4) is 0 Å². The standard InChI is InChI=1S/C14H11N2/c1-15-11-16(12-7-3-2-4-8-12)14-10-6-5-9-13(14)15/h2-7,9-10H,1H3/q-1. The highest BCUT2D eigenvalue weighted by atomic mass is 15.4. The van der Waals surface area contributed by atoms with Crippen LogP contribution in [0.1, 0.15) is 0 Å². The second-order valence-electron chi connectivity index (χ2n) is 3.73. The van der Waals surface area contributed by atoms with Crippen LogP contribution in [0.4, 0.5) is 17.1 Å². The third kappa shape index (κ3) is 1.34. The lowest BCUT2D eigenvalue weighted by molar-refractivity contribution is 1.08. The lowest BCUT2D eigenvalue weighted by Crippen LogP contribution is -2.17. The molecule has 2 nitrogen and oxygen atoms in total. The Hall–Kier alpha value is -1.96. The van der Waals surface area contributed by atoms with Crippen molar-refractivity contribution in [2.75, 3.05) is 16.8 Å². The van der Waals surface area contributed by atoms with Gasteiger partial charge < -0.3 is 9.80 Å². The molecule has 0 fully saturated rings. The summed E-state index contributed by atoms with van der Waals surface area (Å²) in [6.45, 7) is 3.27. The molecule has 0 saturated heterocycles. The molecule has 0 atom stereocenters. The van der Waals surface area contributed by atoms with Crippen LogP contribution >= 0.6 is 0 Å². The van der Waals surface area contributed by atoms with Crippen molar-refractivity contribution in [1.82, 2.24) is 0 Å². The maximum atomic E-state index is 3.27. The van der Waals surface area contributed by atoms with Gasteiger partial charge in [-0.25, -0.2) is 0 Å². The van der Waals surface area contributed by atoms with E-state index in [-0.39, 0.29) is 0 Å². The van der Waals surface area contributed by atoms with Crippen molar-refractivity contribution >= 4 is 17.1 Å². The number of nitrogens with zero attached hydrogens (tertiary/aromatic N) is 2. The van der Waals surface area contributed by atoms with E-state index in [1.807, 2.05) is 53.2 Å². The molecule has 2 aromatic carbocycles. The van der Waals surface area contributed by atoms with E-state index in [4.69, 9.17) is 0 Å². The third-order valence-electron chi connectivity index (χ3n) is 2.67. The molecule has 0 N–H and O–H groups in total. The Morgan fingerprint density at radius 1 is 1.00 bits per heavy atom. The SMILES string of the molecule is CN1[C]N(c2[c-]cccc2)c2ccccc21. The van der Waals surface area contributed by atoms with Crippen LogP contribution in [0.25, 0.3) is 0 Å². The molecule has 16 heavy (non-hydrogen) atoms. The van der Waals surface area contributed by atoms with Gasteiger partial charge in [0.05, 0.1) is 11.4 Å². The fourth-order valence-electron chi connectivity index (χ4n) is 1.90. The van der Waals surface area contributed by atoms with Gasteiger partial charge in [0.1, 0.15) is 0 Å². The summed E-state index contributed by atoms with van der Waals surface area (Å²) in [5.74, 6) is 0. The smallest absolute Gasteiger partial charge is 0.211 e. The largest absolute Gasteiger partial charge is 0.342 e. The molecule has 0 spiro atoms. The Kier molecular flexibility index (Phi) is 2.07. The van der Waals surface area contributed by atoms with Crippen molar-refractivity contribution in [2.45, 2.75) is 0 Å². The van der Waals surface area contributed by atoms with E-state index in [0.717, 1.165) is 11.4 Å². The summed E-state index contributed by atoms with van der Waals surface area (Å²) < 4.78 is 0. The highest BCUT2D eigenvalue weighted by molar-refractivity contribution is 5.84. The van der Waals surface area contributed by atoms with E-state index in [2.05, 4.69) is 24.9 Å². The molecule has 1 aliphatic rings. The first-order valence-corrected chi connectivity index (χ1v) is 5.22. The summed E-state index contributed by atoms with van der Waals surface area (Å²) in [4.78, 5) is 4.02. The van der Waals surface area contributed by atoms with Gasteiger partial charge in [0.15, 0.2) is 0 Å². The Morgan fingerprint density at radius 3 is 2.50 bits per heavy atom. The Labute approximate surface area is 95.7 Å². The minimum atomic E-state index is 1.01. The average molecular weight is 207 g/mol. The minimum Gasteiger partial charge on any atom is -0.342 e. The Balaban J connectivity index is 2.07. The normalized spacial score (nSPS) is 14.1. The molecule has 0 aliphatic carbocycles. The van der Waals surface area contributed by atoms with E-state index >= 15 is 0 Å². The van der Waals surface area contributed by atoms with Crippen molar-refractivity contribution in [1.29, 1.82) is 0 Å². The van der Waals surface area contributed by atoms with E-state index in [9.17, 15) is 0 Å². The number of benzene rings is 2. The van der Waals surface area contributed by atoms with E-state index in [0.29, 0.717) is 0 Å². The first-order valence-electron chi connectivity index (χ1n) is 5.22. The van der Waals surface area contributed by atoms with E-state index in [1.54, 1.807) is 0 Å². The highest BCUT2D eigenvalue weighted by Crippen LogP contribution is 2.40. The fraction of sp³-hybridized carbons (Fsp3) is 0.0714.